The van der Waals surface area contributed by atoms with Crippen LogP contribution in [0.5, 0.6) is 5.75 Å². The van der Waals surface area contributed by atoms with E-state index in [-0.39, 0.29) is 12.0 Å². The van der Waals surface area contributed by atoms with Crippen LogP contribution < -0.4 is 15.4 Å². The zero-order chi connectivity index (χ0) is 18.9. The Morgan fingerprint density at radius 3 is 2.93 bits per heavy atom. The second kappa shape index (κ2) is 7.12. The zero-order valence-corrected chi connectivity index (χ0v) is 15.3. The van der Waals surface area contributed by atoms with Crippen LogP contribution in [-0.2, 0) is 4.74 Å². The van der Waals surface area contributed by atoms with Crippen LogP contribution in [0.3, 0.4) is 0 Å². The zero-order valence-electron chi connectivity index (χ0n) is 15.3. The summed E-state index contributed by atoms with van der Waals surface area (Å²) in [5.41, 5.74) is 2.21. The Labute approximate surface area is 161 Å². The Morgan fingerprint density at radius 2 is 2.04 bits per heavy atom. The van der Waals surface area contributed by atoms with Gasteiger partial charge in [-0.1, -0.05) is 12.1 Å². The van der Waals surface area contributed by atoms with E-state index in [9.17, 15) is 4.79 Å². The number of nitrogens with zero attached hydrogens (tertiary/aromatic N) is 2. The van der Waals surface area contributed by atoms with E-state index in [1.165, 1.54) is 0 Å². The maximum Gasteiger partial charge on any atom is 0.255 e. The molecule has 0 spiro atoms. The number of aromatic nitrogens is 3. The number of carbonyl (C=O) groups is 1. The molecule has 1 fully saturated rings. The molecule has 1 aromatic carbocycles. The smallest absolute Gasteiger partial charge is 0.255 e. The summed E-state index contributed by atoms with van der Waals surface area (Å²) in [6.07, 6.45) is 5.26. The van der Waals surface area contributed by atoms with Crippen molar-refractivity contribution < 1.29 is 14.3 Å². The molecular weight excluding hydrogens is 358 g/mol. The van der Waals surface area contributed by atoms with E-state index >= 15 is 0 Å². The molecule has 0 bridgehead atoms. The minimum atomic E-state index is -0.320. The molecule has 0 radical (unpaired) electrons. The van der Waals surface area contributed by atoms with E-state index in [1.807, 2.05) is 24.4 Å². The summed E-state index contributed by atoms with van der Waals surface area (Å²) in [7, 11) is 0. The molecular formula is C20H21N5O3. The lowest BCUT2D eigenvalue weighted by atomic mass is 10.1. The summed E-state index contributed by atoms with van der Waals surface area (Å²) >= 11 is 0. The lowest BCUT2D eigenvalue weighted by molar-refractivity contribution is 0.0903. The number of amides is 1. The van der Waals surface area contributed by atoms with E-state index in [4.69, 9.17) is 9.47 Å². The van der Waals surface area contributed by atoms with Gasteiger partial charge in [0.05, 0.1) is 12.1 Å². The van der Waals surface area contributed by atoms with Crippen LogP contribution in [-0.4, -0.2) is 46.7 Å². The molecule has 1 unspecified atom stereocenters. The predicted molar refractivity (Wildman–Crippen MR) is 103 cm³/mol. The highest BCUT2D eigenvalue weighted by molar-refractivity contribution is 5.97. The van der Waals surface area contributed by atoms with Gasteiger partial charge in [0.2, 0.25) is 5.95 Å². The highest BCUT2D eigenvalue weighted by atomic mass is 16.5. The number of benzene rings is 1. The maximum atomic E-state index is 12.3. The Hall–Kier alpha value is -3.13. The fourth-order valence-corrected chi connectivity index (χ4v) is 3.69. The van der Waals surface area contributed by atoms with Crippen molar-refractivity contribution in [2.45, 2.75) is 25.0 Å². The number of hydrogen-bond donors (Lipinski definition) is 3. The lowest BCUT2D eigenvalue weighted by Crippen LogP contribution is -2.28. The molecule has 2 aromatic heterocycles. The highest BCUT2D eigenvalue weighted by Crippen LogP contribution is 2.31. The van der Waals surface area contributed by atoms with Crippen LogP contribution in [0.2, 0.25) is 0 Å². The van der Waals surface area contributed by atoms with E-state index < -0.39 is 0 Å². The first kappa shape index (κ1) is 17.0. The number of fused-ring (bicyclic) bond motifs is 2. The van der Waals surface area contributed by atoms with Crippen molar-refractivity contribution >= 4 is 22.9 Å². The number of H-pyrrole nitrogens is 1. The normalized spacial score (nSPS) is 20.1. The van der Waals surface area contributed by atoms with Crippen LogP contribution in [0.4, 0.5) is 5.95 Å². The minimum Gasteiger partial charge on any atom is -0.483 e. The molecule has 4 heterocycles. The van der Waals surface area contributed by atoms with Crippen LogP contribution in [0.1, 0.15) is 34.9 Å². The molecule has 28 heavy (non-hydrogen) atoms. The fraction of sp³-hybridized carbons (Fsp3) is 0.350. The topological polar surface area (TPSA) is 101 Å². The van der Waals surface area contributed by atoms with Gasteiger partial charge in [0.15, 0.2) is 0 Å². The number of para-hydroxylation sites is 1. The molecule has 3 N–H and O–H groups in total. The number of anilines is 1. The quantitative estimate of drug-likeness (QED) is 0.646. The van der Waals surface area contributed by atoms with Crippen molar-refractivity contribution in [3.8, 4) is 5.75 Å². The second-order valence-electron chi connectivity index (χ2n) is 7.04. The van der Waals surface area contributed by atoms with E-state index in [0.29, 0.717) is 29.8 Å². The standard InChI is InChI=1S/C20H21N5O3/c26-19-13-3-1-2-4-16(13)28-17(11-22-19)14-9-21-18-15(14)10-23-20(25-18)24-12-5-7-27-8-6-12/h1-4,9-10,12,17H,5-8,11H2,(H,22,26)(H2,21,23,24,25). The summed E-state index contributed by atoms with van der Waals surface area (Å²) in [5.74, 6) is 1.06. The van der Waals surface area contributed by atoms with Gasteiger partial charge in [-0.25, -0.2) is 4.98 Å². The number of carbonyl (C=O) groups excluding carboxylic acids is 1. The third-order valence-corrected chi connectivity index (χ3v) is 5.21. The average Bonchev–Trinajstić information content (AvgIpc) is 3.07. The first-order valence-electron chi connectivity index (χ1n) is 9.50. The Morgan fingerprint density at radius 1 is 1.18 bits per heavy atom. The molecule has 1 amide bonds. The van der Waals surface area contributed by atoms with Gasteiger partial charge in [0.25, 0.3) is 5.91 Å². The minimum absolute atomic E-state index is 0.128. The molecule has 5 rings (SSSR count). The first-order valence-corrected chi connectivity index (χ1v) is 9.50. The van der Waals surface area contributed by atoms with Crippen LogP contribution in [0, 0.1) is 0 Å². The van der Waals surface area contributed by atoms with Gasteiger partial charge < -0.3 is 25.1 Å². The molecule has 2 aliphatic rings. The van der Waals surface area contributed by atoms with Gasteiger partial charge in [-0.3, -0.25) is 4.79 Å². The monoisotopic (exact) mass is 379 g/mol. The summed E-state index contributed by atoms with van der Waals surface area (Å²) in [6, 6.07) is 7.60. The number of hydrogen-bond acceptors (Lipinski definition) is 6. The molecule has 1 saturated heterocycles. The molecule has 8 nitrogen and oxygen atoms in total. The molecule has 0 aliphatic carbocycles. The van der Waals surface area contributed by atoms with E-state index in [1.54, 1.807) is 12.3 Å². The van der Waals surface area contributed by atoms with Crippen molar-refractivity contribution in [1.82, 2.24) is 20.3 Å². The molecule has 8 heteroatoms. The van der Waals surface area contributed by atoms with Crippen molar-refractivity contribution in [2.24, 2.45) is 0 Å². The van der Waals surface area contributed by atoms with Crippen LogP contribution in [0.15, 0.2) is 36.7 Å². The highest BCUT2D eigenvalue weighted by Gasteiger charge is 2.26. The largest absolute Gasteiger partial charge is 0.483 e. The molecule has 0 saturated carbocycles. The van der Waals surface area contributed by atoms with Crippen molar-refractivity contribution in [1.29, 1.82) is 0 Å². The van der Waals surface area contributed by atoms with Crippen LogP contribution >= 0.6 is 0 Å². The summed E-state index contributed by atoms with van der Waals surface area (Å²) in [6.45, 7) is 1.90. The third kappa shape index (κ3) is 3.16. The van der Waals surface area contributed by atoms with Crippen molar-refractivity contribution in [3.63, 3.8) is 0 Å². The molecule has 1 atom stereocenters. The van der Waals surface area contributed by atoms with Gasteiger partial charge in [0.1, 0.15) is 17.5 Å². The second-order valence-corrected chi connectivity index (χ2v) is 7.04. The maximum absolute atomic E-state index is 12.3. The number of aromatic amines is 1. The third-order valence-electron chi connectivity index (χ3n) is 5.21. The van der Waals surface area contributed by atoms with Gasteiger partial charge in [0, 0.05) is 42.6 Å². The van der Waals surface area contributed by atoms with Gasteiger partial charge in [-0.15, -0.1) is 0 Å². The fourth-order valence-electron chi connectivity index (χ4n) is 3.69. The summed E-state index contributed by atoms with van der Waals surface area (Å²) in [5, 5.41) is 7.19. The van der Waals surface area contributed by atoms with Gasteiger partial charge >= 0.3 is 0 Å². The number of ether oxygens (including phenoxy) is 2. The molecule has 3 aromatic rings. The molecule has 2 aliphatic heterocycles. The van der Waals surface area contributed by atoms with Gasteiger partial charge in [-0.2, -0.15) is 4.98 Å². The van der Waals surface area contributed by atoms with Crippen molar-refractivity contribution in [2.75, 3.05) is 25.1 Å². The summed E-state index contributed by atoms with van der Waals surface area (Å²) in [4.78, 5) is 24.6. The van der Waals surface area contributed by atoms with E-state index in [2.05, 4.69) is 25.6 Å². The SMILES string of the molecule is O=C1NCC(c2c[nH]c3nc(NC4CCOCC4)ncc23)Oc2ccccc21. The Bertz CT molecular complexity index is 1010. The van der Waals surface area contributed by atoms with Crippen molar-refractivity contribution in [3.05, 3.63) is 47.8 Å². The van der Waals surface area contributed by atoms with E-state index in [0.717, 1.165) is 42.7 Å². The first-order chi connectivity index (χ1) is 13.8. The average molecular weight is 379 g/mol. The molecule has 144 valence electrons. The Kier molecular flexibility index (Phi) is 4.32. The predicted octanol–water partition coefficient (Wildman–Crippen LogP) is 2.41. The number of nitrogens with one attached hydrogen (secondary N) is 3. The summed E-state index contributed by atoms with van der Waals surface area (Å²) < 4.78 is 11.5. The lowest BCUT2D eigenvalue weighted by Gasteiger charge is -2.22. The van der Waals surface area contributed by atoms with Gasteiger partial charge in [-0.05, 0) is 25.0 Å². The Balaban J connectivity index is 1.41. The van der Waals surface area contributed by atoms with Crippen LogP contribution in [0.25, 0.3) is 11.0 Å². The number of rotatable bonds is 3.